The molecule has 3 rings (SSSR count). The molecule has 18 heavy (non-hydrogen) atoms. The van der Waals surface area contributed by atoms with Crippen LogP contribution in [0.4, 0.5) is 8.78 Å². The summed E-state index contributed by atoms with van der Waals surface area (Å²) in [5.74, 6) is -1.65. The maximum Gasteiger partial charge on any atom is 0.241 e. The van der Waals surface area contributed by atoms with Crippen molar-refractivity contribution >= 4 is 5.91 Å². The van der Waals surface area contributed by atoms with Crippen molar-refractivity contribution in [3.8, 4) is 0 Å². The van der Waals surface area contributed by atoms with Crippen molar-refractivity contribution in [2.75, 3.05) is 13.1 Å². The van der Waals surface area contributed by atoms with Crippen LogP contribution in [0.5, 0.6) is 0 Å². The monoisotopic (exact) mass is 252 g/mol. The quantitative estimate of drug-likeness (QED) is 0.764. The highest BCUT2D eigenvalue weighted by atomic mass is 19.2. The van der Waals surface area contributed by atoms with Gasteiger partial charge in [0, 0.05) is 13.1 Å². The largest absolute Gasteiger partial charge is 0.273 e. The molecule has 2 fully saturated rings. The number of halogens is 2. The fourth-order valence-corrected chi connectivity index (χ4v) is 2.82. The third-order valence-electron chi connectivity index (χ3n) is 3.72. The molecule has 1 amide bonds. The Balaban J connectivity index is 1.93. The Labute approximate surface area is 104 Å². The molecule has 0 spiro atoms. The number of benzene rings is 1. The van der Waals surface area contributed by atoms with Crippen LogP contribution in [0.25, 0.3) is 0 Å². The summed E-state index contributed by atoms with van der Waals surface area (Å²) < 4.78 is 26.2. The predicted octanol–water partition coefficient (Wildman–Crippen LogP) is 2.10. The number of hydrazine groups is 1. The Morgan fingerprint density at radius 2 is 2.06 bits per heavy atom. The molecule has 5 heteroatoms. The summed E-state index contributed by atoms with van der Waals surface area (Å²) in [7, 11) is 0. The van der Waals surface area contributed by atoms with E-state index < -0.39 is 11.6 Å². The third kappa shape index (κ3) is 1.61. The minimum atomic E-state index is -0.856. The molecule has 0 radical (unpaired) electrons. The molecule has 0 bridgehead atoms. The van der Waals surface area contributed by atoms with Crippen molar-refractivity contribution < 1.29 is 13.6 Å². The number of hydrogen-bond donors (Lipinski definition) is 0. The maximum absolute atomic E-state index is 13.3. The smallest absolute Gasteiger partial charge is 0.241 e. The number of fused-ring (bicyclic) bond motifs is 1. The lowest BCUT2D eigenvalue weighted by atomic mass is 10.0. The molecule has 1 aromatic rings. The van der Waals surface area contributed by atoms with Gasteiger partial charge < -0.3 is 0 Å². The van der Waals surface area contributed by atoms with Gasteiger partial charge in [-0.1, -0.05) is 13.0 Å². The van der Waals surface area contributed by atoms with Gasteiger partial charge >= 0.3 is 0 Å². The van der Waals surface area contributed by atoms with Crippen molar-refractivity contribution in [3.63, 3.8) is 0 Å². The first-order valence-electron chi connectivity index (χ1n) is 6.11. The van der Waals surface area contributed by atoms with Crippen LogP contribution in [-0.4, -0.2) is 29.0 Å². The summed E-state index contributed by atoms with van der Waals surface area (Å²) in [5, 5.41) is 3.70. The Morgan fingerprint density at radius 3 is 2.78 bits per heavy atom. The SMILES string of the molecule is C[C@H]1CN2CC[C@H](c3ccc(F)c(F)c3)N2C1=O. The molecule has 0 N–H and O–H groups in total. The fraction of sp³-hybridized carbons (Fsp3) is 0.462. The van der Waals surface area contributed by atoms with Gasteiger partial charge in [0.05, 0.1) is 12.0 Å². The van der Waals surface area contributed by atoms with Gasteiger partial charge in [-0.15, -0.1) is 0 Å². The average molecular weight is 252 g/mol. The van der Waals surface area contributed by atoms with Crippen LogP contribution in [0.3, 0.4) is 0 Å². The number of hydrogen-bond acceptors (Lipinski definition) is 2. The summed E-state index contributed by atoms with van der Waals surface area (Å²) >= 11 is 0. The van der Waals surface area contributed by atoms with Gasteiger partial charge in [0.25, 0.3) is 0 Å². The second-order valence-corrected chi connectivity index (χ2v) is 4.97. The van der Waals surface area contributed by atoms with Crippen molar-refractivity contribution in [1.29, 1.82) is 0 Å². The highest BCUT2D eigenvalue weighted by molar-refractivity contribution is 5.80. The minimum absolute atomic E-state index is 0.0157. The Bertz CT molecular complexity index is 506. The Kier molecular flexibility index (Phi) is 2.59. The summed E-state index contributed by atoms with van der Waals surface area (Å²) in [6, 6.07) is 3.72. The molecule has 0 aromatic heterocycles. The first kappa shape index (κ1) is 11.6. The number of carbonyl (C=O) groups is 1. The molecule has 0 saturated carbocycles. The van der Waals surface area contributed by atoms with E-state index in [0.29, 0.717) is 5.56 Å². The van der Waals surface area contributed by atoms with Crippen LogP contribution >= 0.6 is 0 Å². The van der Waals surface area contributed by atoms with E-state index in [2.05, 4.69) is 0 Å². The fourth-order valence-electron chi connectivity index (χ4n) is 2.82. The van der Waals surface area contributed by atoms with Gasteiger partial charge in [-0.25, -0.2) is 13.8 Å². The minimum Gasteiger partial charge on any atom is -0.273 e. The first-order valence-corrected chi connectivity index (χ1v) is 6.11. The van der Waals surface area contributed by atoms with Crippen LogP contribution in [0.1, 0.15) is 24.9 Å². The number of amides is 1. The number of rotatable bonds is 1. The number of carbonyl (C=O) groups excluding carboxylic acids is 1. The second-order valence-electron chi connectivity index (χ2n) is 4.97. The summed E-state index contributed by atoms with van der Waals surface area (Å²) in [5.41, 5.74) is 0.666. The van der Waals surface area contributed by atoms with Crippen molar-refractivity contribution in [2.24, 2.45) is 5.92 Å². The third-order valence-corrected chi connectivity index (χ3v) is 3.72. The molecule has 0 unspecified atom stereocenters. The predicted molar refractivity (Wildman–Crippen MR) is 61.3 cm³/mol. The molecule has 0 aliphatic carbocycles. The molecular formula is C13H14F2N2O. The van der Waals surface area contributed by atoms with Crippen LogP contribution < -0.4 is 0 Å². The van der Waals surface area contributed by atoms with E-state index in [4.69, 9.17) is 0 Å². The molecule has 1 aromatic carbocycles. The van der Waals surface area contributed by atoms with Gasteiger partial charge in [0.2, 0.25) is 5.91 Å². The van der Waals surface area contributed by atoms with Crippen LogP contribution in [0.15, 0.2) is 18.2 Å². The summed E-state index contributed by atoms with van der Waals surface area (Å²) in [4.78, 5) is 12.0. The van der Waals surface area contributed by atoms with Gasteiger partial charge in [-0.05, 0) is 24.1 Å². The van der Waals surface area contributed by atoms with Crippen molar-refractivity contribution in [1.82, 2.24) is 10.0 Å². The molecule has 2 aliphatic rings. The van der Waals surface area contributed by atoms with Crippen LogP contribution in [0, 0.1) is 17.6 Å². The standard InChI is InChI=1S/C13H14F2N2O/c1-8-7-16-5-4-12(17(16)13(8)18)9-2-3-10(14)11(15)6-9/h2-3,6,8,12H,4-5,7H2,1H3/t8-,12+/m0/s1. The second kappa shape index (κ2) is 4.02. The topological polar surface area (TPSA) is 23.6 Å². The molecule has 2 saturated heterocycles. The van der Waals surface area contributed by atoms with E-state index >= 15 is 0 Å². The van der Waals surface area contributed by atoms with Crippen molar-refractivity contribution in [2.45, 2.75) is 19.4 Å². The van der Waals surface area contributed by atoms with Gasteiger partial charge in [0.15, 0.2) is 11.6 Å². The van der Waals surface area contributed by atoms with Crippen LogP contribution in [0.2, 0.25) is 0 Å². The molecular weight excluding hydrogens is 238 g/mol. The van der Waals surface area contributed by atoms with E-state index in [1.54, 1.807) is 11.1 Å². The van der Waals surface area contributed by atoms with Crippen molar-refractivity contribution in [3.05, 3.63) is 35.4 Å². The maximum atomic E-state index is 13.3. The van der Waals surface area contributed by atoms with Gasteiger partial charge in [-0.3, -0.25) is 9.80 Å². The number of nitrogens with zero attached hydrogens (tertiary/aromatic N) is 2. The van der Waals surface area contributed by atoms with E-state index in [1.165, 1.54) is 6.07 Å². The Hall–Kier alpha value is -1.49. The zero-order valence-corrected chi connectivity index (χ0v) is 10.1. The summed E-state index contributed by atoms with van der Waals surface area (Å²) in [6.07, 6.45) is 0.767. The van der Waals surface area contributed by atoms with Gasteiger partial charge in [0.1, 0.15) is 0 Å². The lowest BCUT2D eigenvalue weighted by Crippen LogP contribution is -2.34. The normalized spacial score (nSPS) is 27.9. The molecule has 2 atom stereocenters. The lowest BCUT2D eigenvalue weighted by Gasteiger charge is -2.25. The molecule has 96 valence electrons. The zero-order valence-electron chi connectivity index (χ0n) is 10.1. The average Bonchev–Trinajstić information content (AvgIpc) is 2.85. The molecule has 3 nitrogen and oxygen atoms in total. The highest BCUT2D eigenvalue weighted by Gasteiger charge is 2.44. The lowest BCUT2D eigenvalue weighted by molar-refractivity contribution is -0.139. The Morgan fingerprint density at radius 1 is 1.28 bits per heavy atom. The summed E-state index contributed by atoms with van der Waals surface area (Å²) in [6.45, 7) is 3.40. The van der Waals surface area contributed by atoms with Crippen LogP contribution in [-0.2, 0) is 4.79 Å². The van der Waals surface area contributed by atoms with Gasteiger partial charge in [-0.2, -0.15) is 0 Å². The van der Waals surface area contributed by atoms with E-state index in [0.717, 1.165) is 25.6 Å². The highest BCUT2D eigenvalue weighted by Crippen LogP contribution is 2.37. The zero-order chi connectivity index (χ0) is 12.9. The van der Waals surface area contributed by atoms with E-state index in [-0.39, 0.29) is 17.9 Å². The molecule has 2 heterocycles. The van der Waals surface area contributed by atoms with E-state index in [1.807, 2.05) is 11.9 Å². The first-order chi connectivity index (χ1) is 8.58. The molecule has 2 aliphatic heterocycles. The van der Waals surface area contributed by atoms with E-state index in [9.17, 15) is 13.6 Å².